The van der Waals surface area contributed by atoms with Gasteiger partial charge >= 0.3 is 5.97 Å². The molecule has 1 aliphatic rings. The molecule has 0 unspecified atom stereocenters. The van der Waals surface area contributed by atoms with Crippen molar-refractivity contribution in [1.29, 1.82) is 0 Å². The van der Waals surface area contributed by atoms with Gasteiger partial charge in [-0.05, 0) is 42.5 Å². The van der Waals surface area contributed by atoms with Crippen LogP contribution in [0, 0.1) is 10.1 Å². The van der Waals surface area contributed by atoms with Crippen molar-refractivity contribution in [3.8, 4) is 5.75 Å². The van der Waals surface area contributed by atoms with E-state index in [0.29, 0.717) is 16.8 Å². The minimum absolute atomic E-state index is 0.0311. The molecule has 0 spiro atoms. The maximum atomic E-state index is 12.5. The van der Waals surface area contributed by atoms with E-state index in [1.165, 1.54) is 42.5 Å². The molecular weight excluding hydrogens is 376 g/mol. The molecule has 0 bridgehead atoms. The summed E-state index contributed by atoms with van der Waals surface area (Å²) in [5.41, 5.74) is 0.813. The van der Waals surface area contributed by atoms with Crippen molar-refractivity contribution in [2.75, 3.05) is 4.90 Å². The Bertz CT molecular complexity index is 1130. The third kappa shape index (κ3) is 3.23. The van der Waals surface area contributed by atoms with Crippen LogP contribution in [0.3, 0.4) is 0 Å². The van der Waals surface area contributed by atoms with Gasteiger partial charge in [0.05, 0.1) is 27.3 Å². The van der Waals surface area contributed by atoms with E-state index in [9.17, 15) is 24.5 Å². The molecule has 0 saturated heterocycles. The van der Waals surface area contributed by atoms with Crippen molar-refractivity contribution >= 4 is 29.2 Å². The van der Waals surface area contributed by atoms with Crippen molar-refractivity contribution in [3.05, 3.63) is 99.6 Å². The van der Waals surface area contributed by atoms with Gasteiger partial charge in [-0.25, -0.2) is 9.69 Å². The second-order valence-electron chi connectivity index (χ2n) is 6.18. The van der Waals surface area contributed by atoms with Crippen LogP contribution in [0.15, 0.2) is 72.8 Å². The van der Waals surface area contributed by atoms with Crippen LogP contribution in [0.1, 0.15) is 31.1 Å². The number of benzene rings is 3. The molecule has 8 heteroatoms. The predicted molar refractivity (Wildman–Crippen MR) is 102 cm³/mol. The number of anilines is 1. The Balaban J connectivity index is 1.53. The highest BCUT2D eigenvalue weighted by molar-refractivity contribution is 6.34. The van der Waals surface area contributed by atoms with Crippen LogP contribution in [0.25, 0.3) is 0 Å². The third-order valence-electron chi connectivity index (χ3n) is 4.39. The Morgan fingerprint density at radius 2 is 1.48 bits per heavy atom. The Morgan fingerprint density at radius 1 is 0.862 bits per heavy atom. The van der Waals surface area contributed by atoms with E-state index in [0.717, 1.165) is 11.0 Å². The number of esters is 1. The highest BCUT2D eigenvalue weighted by atomic mass is 16.6. The molecule has 0 saturated carbocycles. The fraction of sp³-hybridized carbons (Fsp3) is 0. The summed E-state index contributed by atoms with van der Waals surface area (Å²) in [6.45, 7) is 0. The number of nitro benzene ring substituents is 1. The maximum absolute atomic E-state index is 12.5. The molecule has 8 nitrogen and oxygen atoms in total. The van der Waals surface area contributed by atoms with Crippen molar-refractivity contribution < 1.29 is 24.0 Å². The average Bonchev–Trinajstić information content (AvgIpc) is 2.99. The molecule has 0 N–H and O–H groups in total. The number of nitro groups is 1. The Hall–Kier alpha value is -4.33. The Labute approximate surface area is 164 Å². The van der Waals surface area contributed by atoms with E-state index in [1.807, 2.05) is 0 Å². The van der Waals surface area contributed by atoms with Gasteiger partial charge in [-0.15, -0.1) is 0 Å². The highest BCUT2D eigenvalue weighted by Crippen LogP contribution is 2.29. The van der Waals surface area contributed by atoms with Gasteiger partial charge in [-0.1, -0.05) is 18.2 Å². The monoisotopic (exact) mass is 388 g/mol. The summed E-state index contributed by atoms with van der Waals surface area (Å²) in [6, 6.07) is 17.6. The van der Waals surface area contributed by atoms with Crippen LogP contribution in [0.4, 0.5) is 11.4 Å². The zero-order valence-electron chi connectivity index (χ0n) is 14.8. The van der Waals surface area contributed by atoms with Crippen LogP contribution < -0.4 is 9.64 Å². The topological polar surface area (TPSA) is 107 Å². The van der Waals surface area contributed by atoms with Gasteiger partial charge in [0.1, 0.15) is 5.75 Å². The number of amides is 2. The van der Waals surface area contributed by atoms with Gasteiger partial charge in [-0.3, -0.25) is 19.7 Å². The first-order valence-electron chi connectivity index (χ1n) is 8.50. The molecule has 4 rings (SSSR count). The number of carbonyl (C=O) groups excluding carboxylic acids is 3. The number of hydrogen-bond acceptors (Lipinski definition) is 6. The van der Waals surface area contributed by atoms with E-state index in [4.69, 9.17) is 4.74 Å². The number of carbonyl (C=O) groups is 3. The lowest BCUT2D eigenvalue weighted by molar-refractivity contribution is -0.384. The first-order valence-corrected chi connectivity index (χ1v) is 8.50. The minimum Gasteiger partial charge on any atom is -0.423 e. The predicted octanol–water partition coefficient (Wildman–Crippen LogP) is 3.61. The molecule has 29 heavy (non-hydrogen) atoms. The standard InChI is InChI=1S/C21H12N2O6/c24-19-17-6-1-2-7-18(17)20(25)22(19)14-8-10-16(11-9-14)29-21(26)13-4-3-5-15(12-13)23(27)28/h1-12H. The lowest BCUT2D eigenvalue weighted by Crippen LogP contribution is -2.29. The third-order valence-corrected chi connectivity index (χ3v) is 4.39. The zero-order valence-corrected chi connectivity index (χ0v) is 14.8. The lowest BCUT2D eigenvalue weighted by atomic mass is 10.1. The van der Waals surface area contributed by atoms with Crippen molar-refractivity contribution in [3.63, 3.8) is 0 Å². The first-order chi connectivity index (χ1) is 14.0. The van der Waals surface area contributed by atoms with E-state index < -0.39 is 22.7 Å². The smallest absolute Gasteiger partial charge is 0.343 e. The molecule has 3 aromatic rings. The molecule has 3 aromatic carbocycles. The number of fused-ring (bicyclic) bond motifs is 1. The summed E-state index contributed by atoms with van der Waals surface area (Å²) in [5, 5.41) is 10.8. The first kappa shape index (κ1) is 18.1. The summed E-state index contributed by atoms with van der Waals surface area (Å²) in [5.74, 6) is -1.44. The Kier molecular flexibility index (Phi) is 4.36. The van der Waals surface area contributed by atoms with Gasteiger partial charge in [0.25, 0.3) is 17.5 Å². The number of hydrogen-bond donors (Lipinski definition) is 0. The van der Waals surface area contributed by atoms with Crippen molar-refractivity contribution in [2.24, 2.45) is 0 Å². The van der Waals surface area contributed by atoms with Gasteiger partial charge in [0, 0.05) is 12.1 Å². The van der Waals surface area contributed by atoms with Gasteiger partial charge in [0.15, 0.2) is 0 Å². The molecule has 1 heterocycles. The van der Waals surface area contributed by atoms with E-state index in [2.05, 4.69) is 0 Å². The molecular formula is C21H12N2O6. The zero-order chi connectivity index (χ0) is 20.5. The molecule has 1 aliphatic heterocycles. The number of nitrogens with zero attached hydrogens (tertiary/aromatic N) is 2. The molecule has 2 amide bonds. The lowest BCUT2D eigenvalue weighted by Gasteiger charge is -2.14. The fourth-order valence-corrected chi connectivity index (χ4v) is 3.00. The van der Waals surface area contributed by atoms with Gasteiger partial charge < -0.3 is 4.74 Å². The summed E-state index contributed by atoms with van der Waals surface area (Å²) in [6.07, 6.45) is 0. The van der Waals surface area contributed by atoms with E-state index in [1.54, 1.807) is 24.3 Å². The second-order valence-corrected chi connectivity index (χ2v) is 6.18. The molecule has 0 atom stereocenters. The number of rotatable bonds is 4. The normalized spacial score (nSPS) is 12.6. The van der Waals surface area contributed by atoms with Crippen LogP contribution in [-0.4, -0.2) is 22.7 Å². The SMILES string of the molecule is O=C(Oc1ccc(N2C(=O)c3ccccc3C2=O)cc1)c1cccc([N+](=O)[O-])c1. The summed E-state index contributed by atoms with van der Waals surface area (Å²) >= 11 is 0. The minimum atomic E-state index is -0.762. The van der Waals surface area contributed by atoms with Crippen molar-refractivity contribution in [2.45, 2.75) is 0 Å². The largest absolute Gasteiger partial charge is 0.423 e. The second kappa shape index (κ2) is 7.01. The quantitative estimate of drug-likeness (QED) is 0.222. The summed E-state index contributed by atoms with van der Waals surface area (Å²) < 4.78 is 5.22. The van der Waals surface area contributed by atoms with Gasteiger partial charge in [0.2, 0.25) is 0 Å². The van der Waals surface area contributed by atoms with Gasteiger partial charge in [-0.2, -0.15) is 0 Å². The Morgan fingerprint density at radius 3 is 2.07 bits per heavy atom. The van der Waals surface area contributed by atoms with E-state index >= 15 is 0 Å². The fourth-order valence-electron chi connectivity index (χ4n) is 3.00. The maximum Gasteiger partial charge on any atom is 0.343 e. The van der Waals surface area contributed by atoms with Crippen LogP contribution >= 0.6 is 0 Å². The molecule has 0 aliphatic carbocycles. The average molecular weight is 388 g/mol. The van der Waals surface area contributed by atoms with Crippen molar-refractivity contribution in [1.82, 2.24) is 0 Å². The number of imide groups is 1. The van der Waals surface area contributed by atoms with Crippen LogP contribution in [0.5, 0.6) is 5.75 Å². The number of ether oxygens (including phenoxy) is 1. The number of non-ortho nitro benzene ring substituents is 1. The molecule has 0 radical (unpaired) electrons. The summed E-state index contributed by atoms with van der Waals surface area (Å²) in [7, 11) is 0. The molecule has 0 fully saturated rings. The van der Waals surface area contributed by atoms with Crippen LogP contribution in [-0.2, 0) is 0 Å². The molecule has 142 valence electrons. The molecule has 0 aromatic heterocycles. The van der Waals surface area contributed by atoms with Crippen LogP contribution in [0.2, 0.25) is 0 Å². The summed E-state index contributed by atoms with van der Waals surface area (Å²) in [4.78, 5) is 48.5. The highest BCUT2D eigenvalue weighted by Gasteiger charge is 2.36. The van der Waals surface area contributed by atoms with E-state index in [-0.39, 0.29) is 17.0 Å².